The zero-order valence-corrected chi connectivity index (χ0v) is 11.2. The molecule has 2 rings (SSSR count). The zero-order chi connectivity index (χ0) is 13.7. The van der Waals surface area contributed by atoms with Crippen molar-refractivity contribution in [2.24, 2.45) is 0 Å². The number of pyridine rings is 1. The average Bonchev–Trinajstić information content (AvgIpc) is 2.43. The number of halogens is 2. The smallest absolute Gasteiger partial charge is 0.219 e. The minimum absolute atomic E-state index is 0.0289. The van der Waals surface area contributed by atoms with E-state index in [0.717, 1.165) is 18.7 Å². The predicted molar refractivity (Wildman–Crippen MR) is 73.1 cm³/mol. The van der Waals surface area contributed by atoms with Crippen molar-refractivity contribution in [3.63, 3.8) is 0 Å². The summed E-state index contributed by atoms with van der Waals surface area (Å²) in [6.45, 7) is 3.67. The van der Waals surface area contributed by atoms with E-state index in [4.69, 9.17) is 16.3 Å². The lowest BCUT2D eigenvalue weighted by Crippen LogP contribution is -2.11. The maximum absolute atomic E-state index is 13.6. The quantitative estimate of drug-likeness (QED) is 0.905. The minimum Gasteiger partial charge on any atom is -0.436 e. The third-order valence-corrected chi connectivity index (χ3v) is 2.80. The van der Waals surface area contributed by atoms with Gasteiger partial charge in [-0.25, -0.2) is 9.37 Å². The lowest BCUT2D eigenvalue weighted by molar-refractivity contribution is 0.427. The van der Waals surface area contributed by atoms with Crippen molar-refractivity contribution in [1.82, 2.24) is 10.3 Å². The van der Waals surface area contributed by atoms with E-state index >= 15 is 0 Å². The standard InChI is InChI=1S/C14H14ClFN2O/c1-2-17-8-10-6-7-13(18-9-10)19-12-5-3-4-11(15)14(12)16/h3-7,9,17H,2,8H2,1H3. The third kappa shape index (κ3) is 3.66. The molecule has 0 aliphatic carbocycles. The van der Waals surface area contributed by atoms with Crippen LogP contribution in [-0.4, -0.2) is 11.5 Å². The van der Waals surface area contributed by atoms with Crippen LogP contribution in [0.1, 0.15) is 12.5 Å². The van der Waals surface area contributed by atoms with Crippen LogP contribution in [-0.2, 0) is 6.54 Å². The van der Waals surface area contributed by atoms with Gasteiger partial charge in [-0.2, -0.15) is 0 Å². The van der Waals surface area contributed by atoms with E-state index in [1.807, 2.05) is 13.0 Å². The lowest BCUT2D eigenvalue weighted by atomic mass is 10.3. The number of ether oxygens (including phenoxy) is 1. The molecule has 1 aromatic carbocycles. The summed E-state index contributed by atoms with van der Waals surface area (Å²) in [7, 11) is 0. The number of hydrogen-bond acceptors (Lipinski definition) is 3. The molecule has 3 nitrogen and oxygen atoms in total. The molecule has 0 amide bonds. The molecule has 0 atom stereocenters. The van der Waals surface area contributed by atoms with Crippen LogP contribution < -0.4 is 10.1 Å². The second kappa shape index (κ2) is 6.50. The summed E-state index contributed by atoms with van der Waals surface area (Å²) in [5.41, 5.74) is 1.04. The van der Waals surface area contributed by atoms with Gasteiger partial charge in [0, 0.05) is 18.8 Å². The van der Waals surface area contributed by atoms with Crippen molar-refractivity contribution in [2.75, 3.05) is 6.54 Å². The topological polar surface area (TPSA) is 34.1 Å². The highest BCUT2D eigenvalue weighted by atomic mass is 35.5. The van der Waals surface area contributed by atoms with E-state index in [-0.39, 0.29) is 10.8 Å². The highest BCUT2D eigenvalue weighted by Gasteiger charge is 2.08. The average molecular weight is 281 g/mol. The van der Waals surface area contributed by atoms with Crippen LogP contribution in [0.15, 0.2) is 36.5 Å². The fourth-order valence-electron chi connectivity index (χ4n) is 1.52. The van der Waals surface area contributed by atoms with Crippen molar-refractivity contribution in [3.8, 4) is 11.6 Å². The van der Waals surface area contributed by atoms with Crippen LogP contribution in [0.3, 0.4) is 0 Å². The summed E-state index contributed by atoms with van der Waals surface area (Å²) >= 11 is 5.68. The van der Waals surface area contributed by atoms with Crippen LogP contribution in [0.4, 0.5) is 4.39 Å². The molecule has 1 aromatic heterocycles. The molecule has 100 valence electrons. The van der Waals surface area contributed by atoms with Crippen molar-refractivity contribution in [1.29, 1.82) is 0 Å². The first-order valence-corrected chi connectivity index (χ1v) is 6.36. The molecule has 0 aliphatic rings. The highest BCUT2D eigenvalue weighted by Crippen LogP contribution is 2.27. The van der Waals surface area contributed by atoms with Gasteiger partial charge in [-0.1, -0.05) is 30.7 Å². The second-order valence-electron chi connectivity index (χ2n) is 3.94. The monoisotopic (exact) mass is 280 g/mol. The zero-order valence-electron chi connectivity index (χ0n) is 10.5. The van der Waals surface area contributed by atoms with Gasteiger partial charge in [0.05, 0.1) is 5.02 Å². The van der Waals surface area contributed by atoms with E-state index in [1.54, 1.807) is 18.3 Å². The molecule has 2 aromatic rings. The molecule has 1 N–H and O–H groups in total. The Morgan fingerprint density at radius 2 is 2.16 bits per heavy atom. The van der Waals surface area contributed by atoms with Gasteiger partial charge in [-0.05, 0) is 24.2 Å². The molecular formula is C14H14ClFN2O. The Hall–Kier alpha value is -1.65. The molecule has 5 heteroatoms. The Balaban J connectivity index is 2.09. The fraction of sp³-hybridized carbons (Fsp3) is 0.214. The second-order valence-corrected chi connectivity index (χ2v) is 4.35. The van der Waals surface area contributed by atoms with Gasteiger partial charge in [0.2, 0.25) is 5.88 Å². The van der Waals surface area contributed by atoms with Gasteiger partial charge >= 0.3 is 0 Å². The Bertz CT molecular complexity index is 546. The van der Waals surface area contributed by atoms with Crippen molar-refractivity contribution in [2.45, 2.75) is 13.5 Å². The Morgan fingerprint density at radius 1 is 1.32 bits per heavy atom. The van der Waals surface area contributed by atoms with Gasteiger partial charge in [0.25, 0.3) is 0 Å². The first kappa shape index (κ1) is 13.8. The molecule has 0 bridgehead atoms. The predicted octanol–water partition coefficient (Wildman–Crippen LogP) is 3.78. The number of rotatable bonds is 5. The third-order valence-electron chi connectivity index (χ3n) is 2.51. The van der Waals surface area contributed by atoms with Gasteiger partial charge in [0.1, 0.15) is 0 Å². The van der Waals surface area contributed by atoms with Crippen LogP contribution in [0.5, 0.6) is 11.6 Å². The van der Waals surface area contributed by atoms with Crippen molar-refractivity contribution >= 4 is 11.6 Å². The Labute approximate surface area is 116 Å². The van der Waals surface area contributed by atoms with Crippen LogP contribution in [0.25, 0.3) is 0 Å². The van der Waals surface area contributed by atoms with Gasteiger partial charge < -0.3 is 10.1 Å². The molecule has 1 heterocycles. The minimum atomic E-state index is -0.581. The molecule has 0 spiro atoms. The lowest BCUT2D eigenvalue weighted by Gasteiger charge is -2.07. The van der Waals surface area contributed by atoms with E-state index in [1.165, 1.54) is 12.1 Å². The normalized spacial score (nSPS) is 10.5. The molecule has 0 saturated carbocycles. The SMILES string of the molecule is CCNCc1ccc(Oc2cccc(Cl)c2F)nc1. The first-order chi connectivity index (χ1) is 9.20. The molecule has 0 fully saturated rings. The summed E-state index contributed by atoms with van der Waals surface area (Å²) < 4.78 is 19.0. The van der Waals surface area contributed by atoms with Crippen LogP contribution in [0.2, 0.25) is 5.02 Å². The summed E-state index contributed by atoms with van der Waals surface area (Å²) in [6.07, 6.45) is 1.69. The Kier molecular flexibility index (Phi) is 4.71. The number of hydrogen-bond donors (Lipinski definition) is 1. The molecular weight excluding hydrogens is 267 g/mol. The Morgan fingerprint density at radius 3 is 2.84 bits per heavy atom. The largest absolute Gasteiger partial charge is 0.436 e. The van der Waals surface area contributed by atoms with E-state index in [2.05, 4.69) is 10.3 Å². The summed E-state index contributed by atoms with van der Waals surface area (Å²) in [5, 5.41) is 3.22. The molecule has 0 saturated heterocycles. The molecule has 19 heavy (non-hydrogen) atoms. The maximum atomic E-state index is 13.6. The van der Waals surface area contributed by atoms with Gasteiger partial charge in [0.15, 0.2) is 11.6 Å². The maximum Gasteiger partial charge on any atom is 0.219 e. The molecule has 0 aliphatic heterocycles. The molecule has 0 unspecified atom stereocenters. The van der Waals surface area contributed by atoms with Crippen molar-refractivity contribution in [3.05, 3.63) is 52.9 Å². The summed E-state index contributed by atoms with van der Waals surface area (Å²) in [5.74, 6) is -0.177. The van der Waals surface area contributed by atoms with E-state index in [9.17, 15) is 4.39 Å². The number of aromatic nitrogens is 1. The van der Waals surface area contributed by atoms with E-state index in [0.29, 0.717) is 5.88 Å². The van der Waals surface area contributed by atoms with Crippen LogP contribution in [0, 0.1) is 5.82 Å². The van der Waals surface area contributed by atoms with Gasteiger partial charge in [-0.15, -0.1) is 0 Å². The van der Waals surface area contributed by atoms with Crippen molar-refractivity contribution < 1.29 is 9.13 Å². The number of benzene rings is 1. The number of nitrogens with zero attached hydrogens (tertiary/aromatic N) is 1. The fourth-order valence-corrected chi connectivity index (χ4v) is 1.69. The highest BCUT2D eigenvalue weighted by molar-refractivity contribution is 6.30. The van der Waals surface area contributed by atoms with Crippen LogP contribution >= 0.6 is 11.6 Å². The first-order valence-electron chi connectivity index (χ1n) is 5.98. The number of nitrogens with one attached hydrogen (secondary N) is 1. The summed E-state index contributed by atoms with van der Waals surface area (Å²) in [6, 6.07) is 8.19. The summed E-state index contributed by atoms with van der Waals surface area (Å²) in [4.78, 5) is 4.13. The van der Waals surface area contributed by atoms with E-state index < -0.39 is 5.82 Å². The molecule has 0 radical (unpaired) electrons. The van der Waals surface area contributed by atoms with Gasteiger partial charge in [-0.3, -0.25) is 0 Å².